The molecule has 5 nitrogen and oxygen atoms in total. The first-order chi connectivity index (χ1) is 16.4. The minimum atomic E-state index is -0.649. The van der Waals surface area contributed by atoms with Crippen molar-refractivity contribution < 1.29 is 13.6 Å². The van der Waals surface area contributed by atoms with Crippen LogP contribution in [0, 0.1) is 11.6 Å². The van der Waals surface area contributed by atoms with Crippen molar-refractivity contribution in [2.45, 2.75) is 0 Å². The smallest absolute Gasteiger partial charge is 0.246 e. The normalized spacial score (nSPS) is 14.1. The van der Waals surface area contributed by atoms with Crippen LogP contribution in [0.25, 0.3) is 32.9 Å². The highest BCUT2D eigenvalue weighted by molar-refractivity contribution is 6.37. The Kier molecular flexibility index (Phi) is 5.83. The highest BCUT2D eigenvalue weighted by atomic mass is 35.5. The number of halogens is 4. The van der Waals surface area contributed by atoms with Crippen molar-refractivity contribution in [1.29, 1.82) is 0 Å². The number of nitrogens with zero attached hydrogens (tertiary/aromatic N) is 4. The lowest BCUT2D eigenvalue weighted by Crippen LogP contribution is -2.48. The lowest BCUT2D eigenvalue weighted by Gasteiger charge is -2.36. The van der Waals surface area contributed by atoms with Crippen LogP contribution in [-0.2, 0) is 4.79 Å². The molecular formula is C25H18Cl2F2N4O. The zero-order chi connectivity index (χ0) is 24.0. The first-order valence-corrected chi connectivity index (χ1v) is 11.3. The summed E-state index contributed by atoms with van der Waals surface area (Å²) in [6, 6.07) is 8.03. The van der Waals surface area contributed by atoms with Gasteiger partial charge in [-0.3, -0.25) is 14.8 Å². The lowest BCUT2D eigenvalue weighted by atomic mass is 10.00. The van der Waals surface area contributed by atoms with E-state index in [0.29, 0.717) is 58.6 Å². The number of benzene rings is 2. The summed E-state index contributed by atoms with van der Waals surface area (Å²) < 4.78 is 30.0. The zero-order valence-corrected chi connectivity index (χ0v) is 19.4. The molecule has 1 aliphatic rings. The summed E-state index contributed by atoms with van der Waals surface area (Å²) in [6.45, 7) is 5.52. The maximum absolute atomic E-state index is 15.8. The van der Waals surface area contributed by atoms with Crippen molar-refractivity contribution in [1.82, 2.24) is 14.9 Å². The van der Waals surface area contributed by atoms with E-state index in [1.165, 1.54) is 24.5 Å². The second-order valence-electron chi connectivity index (χ2n) is 7.92. The molecule has 0 unspecified atom stereocenters. The SMILES string of the molecule is C=CC(=O)N1CCN(c2c(Cl)cnc3c(F)c(-c4cccc5ccc(F)c(Cl)c45)ncc23)CC1. The minimum absolute atomic E-state index is 0.0211. The molecule has 4 aromatic rings. The number of aromatic nitrogens is 2. The Bertz CT molecular complexity index is 1470. The molecule has 0 radical (unpaired) electrons. The van der Waals surface area contributed by atoms with Crippen LogP contribution in [0.15, 0.2) is 55.4 Å². The molecule has 0 bridgehead atoms. The van der Waals surface area contributed by atoms with Gasteiger partial charge in [-0.25, -0.2) is 8.78 Å². The van der Waals surface area contributed by atoms with Crippen LogP contribution in [-0.4, -0.2) is 47.0 Å². The van der Waals surface area contributed by atoms with Crippen LogP contribution in [0.1, 0.15) is 0 Å². The first kappa shape index (κ1) is 22.5. The van der Waals surface area contributed by atoms with E-state index in [0.717, 1.165) is 0 Å². The molecule has 5 rings (SSSR count). The number of hydrogen-bond acceptors (Lipinski definition) is 4. The quantitative estimate of drug-likeness (QED) is 0.331. The van der Waals surface area contributed by atoms with Gasteiger partial charge in [0.05, 0.1) is 15.7 Å². The number of carbonyl (C=O) groups excluding carboxylic acids is 1. The molecular weight excluding hydrogens is 481 g/mol. The second kappa shape index (κ2) is 8.81. The number of rotatable bonds is 3. The summed E-state index contributed by atoms with van der Waals surface area (Å²) in [4.78, 5) is 24.2. The van der Waals surface area contributed by atoms with Gasteiger partial charge in [0.15, 0.2) is 5.82 Å². The van der Waals surface area contributed by atoms with E-state index in [4.69, 9.17) is 23.2 Å². The summed E-state index contributed by atoms with van der Waals surface area (Å²) in [5.74, 6) is -1.37. The van der Waals surface area contributed by atoms with Gasteiger partial charge in [0.25, 0.3) is 0 Å². The highest BCUT2D eigenvalue weighted by Crippen LogP contribution is 2.39. The van der Waals surface area contributed by atoms with E-state index in [1.807, 2.05) is 4.90 Å². The van der Waals surface area contributed by atoms with Crippen molar-refractivity contribution >= 4 is 56.5 Å². The average Bonchev–Trinajstić information content (AvgIpc) is 2.86. The largest absolute Gasteiger partial charge is 0.366 e. The van der Waals surface area contributed by atoms with Crippen LogP contribution in [0.3, 0.4) is 0 Å². The van der Waals surface area contributed by atoms with E-state index in [9.17, 15) is 9.18 Å². The molecule has 172 valence electrons. The molecule has 0 N–H and O–H groups in total. The molecule has 0 aliphatic carbocycles. The Balaban J connectivity index is 1.62. The van der Waals surface area contributed by atoms with Crippen molar-refractivity contribution in [2.75, 3.05) is 31.1 Å². The fourth-order valence-electron chi connectivity index (χ4n) is 4.38. The molecule has 0 spiro atoms. The van der Waals surface area contributed by atoms with E-state index < -0.39 is 11.6 Å². The Labute approximate surface area is 204 Å². The fourth-order valence-corrected chi connectivity index (χ4v) is 4.93. The Morgan fingerprint density at radius 2 is 1.79 bits per heavy atom. The van der Waals surface area contributed by atoms with Gasteiger partial charge in [-0.05, 0) is 17.5 Å². The lowest BCUT2D eigenvalue weighted by molar-refractivity contribution is -0.126. The van der Waals surface area contributed by atoms with Crippen molar-refractivity contribution in [3.63, 3.8) is 0 Å². The second-order valence-corrected chi connectivity index (χ2v) is 8.70. The van der Waals surface area contributed by atoms with E-state index in [2.05, 4.69) is 16.5 Å². The molecule has 34 heavy (non-hydrogen) atoms. The maximum atomic E-state index is 15.8. The molecule has 1 saturated heterocycles. The van der Waals surface area contributed by atoms with Gasteiger partial charge < -0.3 is 9.80 Å². The van der Waals surface area contributed by atoms with Gasteiger partial charge in [0.1, 0.15) is 17.0 Å². The number of carbonyl (C=O) groups is 1. The van der Waals surface area contributed by atoms with Gasteiger partial charge in [-0.15, -0.1) is 0 Å². The van der Waals surface area contributed by atoms with Crippen molar-refractivity contribution in [3.8, 4) is 11.3 Å². The molecule has 3 heterocycles. The number of hydrogen-bond donors (Lipinski definition) is 0. The van der Waals surface area contributed by atoms with Gasteiger partial charge >= 0.3 is 0 Å². The van der Waals surface area contributed by atoms with Crippen molar-refractivity contribution in [3.05, 3.63) is 77.1 Å². The average molecular weight is 499 g/mol. The standard InChI is InChI=1S/C25H18Cl2F2N4O/c1-2-19(34)32-8-10-33(11-9-32)25-16-12-30-23(22(29)24(16)31-13-17(25)26)15-5-3-4-14-6-7-18(28)21(27)20(14)15/h2-7,12-13H,1,8-11H2. The number of anilines is 1. The van der Waals surface area contributed by atoms with Gasteiger partial charge in [0, 0.05) is 54.9 Å². The fraction of sp³-hybridized carbons (Fsp3) is 0.160. The van der Waals surface area contributed by atoms with E-state index in [-0.39, 0.29) is 22.1 Å². The summed E-state index contributed by atoms with van der Waals surface area (Å²) in [7, 11) is 0. The molecule has 0 atom stereocenters. The molecule has 1 aliphatic heterocycles. The number of pyridine rings is 2. The predicted molar refractivity (Wildman–Crippen MR) is 131 cm³/mol. The monoisotopic (exact) mass is 498 g/mol. The van der Waals surface area contributed by atoms with Crippen LogP contribution >= 0.6 is 23.2 Å². The number of piperazine rings is 1. The Hall–Kier alpha value is -3.29. The van der Waals surface area contributed by atoms with Gasteiger partial charge in [-0.1, -0.05) is 54.0 Å². The summed E-state index contributed by atoms with van der Waals surface area (Å²) in [5, 5.41) is 1.77. The Morgan fingerprint density at radius 1 is 1.03 bits per heavy atom. The summed E-state index contributed by atoms with van der Waals surface area (Å²) in [6.07, 6.45) is 4.22. The highest BCUT2D eigenvalue weighted by Gasteiger charge is 2.25. The topological polar surface area (TPSA) is 49.3 Å². The van der Waals surface area contributed by atoms with Crippen LogP contribution in [0.4, 0.5) is 14.5 Å². The van der Waals surface area contributed by atoms with Gasteiger partial charge in [-0.2, -0.15) is 0 Å². The molecule has 1 fully saturated rings. The molecule has 2 aromatic heterocycles. The molecule has 2 aromatic carbocycles. The minimum Gasteiger partial charge on any atom is -0.366 e. The third-order valence-electron chi connectivity index (χ3n) is 6.05. The molecule has 1 amide bonds. The predicted octanol–water partition coefficient (Wildman–Crippen LogP) is 5.87. The van der Waals surface area contributed by atoms with Crippen LogP contribution in [0.5, 0.6) is 0 Å². The van der Waals surface area contributed by atoms with Crippen molar-refractivity contribution in [2.24, 2.45) is 0 Å². The maximum Gasteiger partial charge on any atom is 0.246 e. The third kappa shape index (κ3) is 3.65. The molecule has 0 saturated carbocycles. The number of fused-ring (bicyclic) bond motifs is 2. The Morgan fingerprint density at radius 3 is 2.53 bits per heavy atom. The summed E-state index contributed by atoms with van der Waals surface area (Å²) >= 11 is 12.7. The van der Waals surface area contributed by atoms with E-state index in [1.54, 1.807) is 29.2 Å². The number of amides is 1. The van der Waals surface area contributed by atoms with E-state index >= 15 is 4.39 Å². The van der Waals surface area contributed by atoms with Gasteiger partial charge in [0.2, 0.25) is 5.91 Å². The summed E-state index contributed by atoms with van der Waals surface area (Å²) in [5.41, 5.74) is 1.10. The zero-order valence-electron chi connectivity index (χ0n) is 17.9. The molecule has 9 heteroatoms. The first-order valence-electron chi connectivity index (χ1n) is 10.6. The third-order valence-corrected chi connectivity index (χ3v) is 6.70. The van der Waals surface area contributed by atoms with Crippen LogP contribution in [0.2, 0.25) is 10.0 Å². The van der Waals surface area contributed by atoms with Crippen LogP contribution < -0.4 is 4.90 Å².